The quantitative estimate of drug-likeness (QED) is 0.928. The van der Waals surface area contributed by atoms with Gasteiger partial charge in [0.05, 0.1) is 20.1 Å². The number of carboxylic acid groups (broad SMARTS) is 1. The number of hydrogen-bond donors (Lipinski definition) is 1. The predicted molar refractivity (Wildman–Crippen MR) is 76.4 cm³/mol. The van der Waals surface area contributed by atoms with Gasteiger partial charge in [0.2, 0.25) is 10.0 Å². The first-order valence-electron chi connectivity index (χ1n) is 5.81. The van der Waals surface area contributed by atoms with E-state index in [1.807, 2.05) is 6.92 Å². The van der Waals surface area contributed by atoms with Crippen LogP contribution in [0.3, 0.4) is 0 Å². The third-order valence-electron chi connectivity index (χ3n) is 3.05. The summed E-state index contributed by atoms with van der Waals surface area (Å²) in [5.41, 5.74) is 0.736. The van der Waals surface area contributed by atoms with Gasteiger partial charge >= 0.3 is 5.97 Å². The van der Waals surface area contributed by atoms with Gasteiger partial charge in [-0.2, -0.15) is 4.31 Å². The van der Waals surface area contributed by atoms with Crippen LogP contribution in [0.2, 0.25) is 0 Å². The van der Waals surface area contributed by atoms with Crippen LogP contribution in [0.15, 0.2) is 23.1 Å². The highest BCUT2D eigenvalue weighted by molar-refractivity contribution is 7.89. The highest BCUT2D eigenvalue weighted by Gasteiger charge is 2.29. The van der Waals surface area contributed by atoms with Crippen molar-refractivity contribution in [3.8, 4) is 0 Å². The molecule has 1 aromatic carbocycles. The van der Waals surface area contributed by atoms with Crippen molar-refractivity contribution in [2.45, 2.75) is 24.8 Å². The van der Waals surface area contributed by atoms with Crippen LogP contribution in [0.25, 0.3) is 10.2 Å². The van der Waals surface area contributed by atoms with Gasteiger partial charge in [-0.1, -0.05) is 0 Å². The molecule has 0 aliphatic heterocycles. The number of benzene rings is 1. The molecule has 0 aliphatic carbocycles. The van der Waals surface area contributed by atoms with E-state index in [0.717, 1.165) is 19.5 Å². The van der Waals surface area contributed by atoms with Crippen molar-refractivity contribution in [3.63, 3.8) is 0 Å². The van der Waals surface area contributed by atoms with Crippen molar-refractivity contribution < 1.29 is 18.3 Å². The molecule has 0 radical (unpaired) electrons. The summed E-state index contributed by atoms with van der Waals surface area (Å²) in [6.45, 7) is 3.17. The zero-order chi connectivity index (χ0) is 15.1. The molecule has 0 saturated carbocycles. The molecule has 0 bridgehead atoms. The Morgan fingerprint density at radius 1 is 1.45 bits per heavy atom. The number of sulfonamides is 1. The van der Waals surface area contributed by atoms with Gasteiger partial charge in [0.25, 0.3) is 0 Å². The predicted octanol–water partition coefficient (Wildman–Crippen LogP) is 1.70. The Morgan fingerprint density at radius 2 is 2.10 bits per heavy atom. The number of aliphatic carboxylic acids is 1. The van der Waals surface area contributed by atoms with Crippen LogP contribution < -0.4 is 0 Å². The van der Waals surface area contributed by atoms with Gasteiger partial charge < -0.3 is 5.11 Å². The number of rotatable bonds is 4. The van der Waals surface area contributed by atoms with E-state index in [0.29, 0.717) is 0 Å². The minimum Gasteiger partial charge on any atom is -0.480 e. The second kappa shape index (κ2) is 5.12. The van der Waals surface area contributed by atoms with E-state index in [9.17, 15) is 13.2 Å². The lowest BCUT2D eigenvalue weighted by Gasteiger charge is -2.20. The number of carboxylic acids is 1. The average Bonchev–Trinajstić information content (AvgIpc) is 2.75. The Hall–Kier alpha value is -1.51. The molecule has 8 heteroatoms. The molecular formula is C12H14N2O4S2. The van der Waals surface area contributed by atoms with E-state index >= 15 is 0 Å². The second-order valence-electron chi connectivity index (χ2n) is 4.40. The topological polar surface area (TPSA) is 87.6 Å². The van der Waals surface area contributed by atoms with E-state index in [1.54, 1.807) is 6.07 Å². The van der Waals surface area contributed by atoms with Crippen molar-refractivity contribution in [1.82, 2.24) is 9.29 Å². The number of fused-ring (bicyclic) bond motifs is 1. The van der Waals surface area contributed by atoms with E-state index < -0.39 is 22.0 Å². The van der Waals surface area contributed by atoms with Gasteiger partial charge in [0.1, 0.15) is 6.04 Å². The molecule has 1 N–H and O–H groups in total. The maximum Gasteiger partial charge on any atom is 0.321 e. The van der Waals surface area contributed by atoms with Crippen molar-refractivity contribution in [2.75, 3.05) is 7.05 Å². The van der Waals surface area contributed by atoms with E-state index in [-0.39, 0.29) is 4.90 Å². The Balaban J connectivity index is 2.48. The van der Waals surface area contributed by atoms with Gasteiger partial charge in [0.15, 0.2) is 0 Å². The van der Waals surface area contributed by atoms with Crippen LogP contribution >= 0.6 is 11.3 Å². The number of thiazole rings is 1. The van der Waals surface area contributed by atoms with Crippen LogP contribution in [-0.4, -0.2) is 41.9 Å². The summed E-state index contributed by atoms with van der Waals surface area (Å²) in [7, 11) is -2.57. The molecule has 1 atom stereocenters. The van der Waals surface area contributed by atoms with Crippen LogP contribution in [0.5, 0.6) is 0 Å². The van der Waals surface area contributed by atoms with Crippen molar-refractivity contribution >= 4 is 37.5 Å². The number of likely N-dealkylation sites (N-methyl/N-ethyl adjacent to an activating group) is 1. The number of aromatic nitrogens is 1. The van der Waals surface area contributed by atoms with Crippen molar-refractivity contribution in [2.24, 2.45) is 0 Å². The van der Waals surface area contributed by atoms with E-state index in [2.05, 4.69) is 4.98 Å². The lowest BCUT2D eigenvalue weighted by Crippen LogP contribution is -2.40. The minimum atomic E-state index is -3.83. The van der Waals surface area contributed by atoms with Gasteiger partial charge in [-0.25, -0.2) is 13.4 Å². The average molecular weight is 314 g/mol. The van der Waals surface area contributed by atoms with E-state index in [4.69, 9.17) is 5.11 Å². The first-order chi connectivity index (χ1) is 9.23. The van der Waals surface area contributed by atoms with E-state index in [1.165, 1.54) is 37.4 Å². The van der Waals surface area contributed by atoms with Crippen LogP contribution in [-0.2, 0) is 14.8 Å². The summed E-state index contributed by atoms with van der Waals surface area (Å²) < 4.78 is 26.4. The SMILES string of the molecule is Cc1nc2ccc(S(=O)(=O)N(C)C(C)C(=O)O)cc2s1. The van der Waals surface area contributed by atoms with Gasteiger partial charge in [-0.05, 0) is 32.0 Å². The Bertz CT molecular complexity index is 767. The standard InChI is InChI=1S/C12H14N2O4S2/c1-7(12(15)16)14(3)20(17,18)9-4-5-10-11(6-9)19-8(2)13-10/h4-7H,1-3H3,(H,15,16). The first-order valence-corrected chi connectivity index (χ1v) is 8.07. The number of hydrogen-bond acceptors (Lipinski definition) is 5. The van der Waals surface area contributed by atoms with Gasteiger partial charge in [0, 0.05) is 7.05 Å². The smallest absolute Gasteiger partial charge is 0.321 e. The lowest BCUT2D eigenvalue weighted by atomic mass is 10.3. The Labute approximate surface area is 120 Å². The van der Waals surface area contributed by atoms with Crippen LogP contribution in [0, 0.1) is 6.92 Å². The third-order valence-corrected chi connectivity index (χ3v) is 5.90. The molecule has 2 aromatic rings. The molecule has 0 spiro atoms. The third kappa shape index (κ3) is 2.54. The Kier molecular flexibility index (Phi) is 3.81. The molecule has 1 aromatic heterocycles. The lowest BCUT2D eigenvalue weighted by molar-refractivity contribution is -0.140. The maximum atomic E-state index is 12.4. The van der Waals surface area contributed by atoms with Gasteiger partial charge in [-0.3, -0.25) is 4.79 Å². The molecule has 2 rings (SSSR count). The van der Waals surface area contributed by atoms with Crippen molar-refractivity contribution in [3.05, 3.63) is 23.2 Å². The minimum absolute atomic E-state index is 0.0734. The van der Waals surface area contributed by atoms with Crippen LogP contribution in [0.1, 0.15) is 11.9 Å². The fourth-order valence-electron chi connectivity index (χ4n) is 1.71. The normalized spacial score (nSPS) is 13.8. The summed E-state index contributed by atoms with van der Waals surface area (Å²) in [4.78, 5) is 15.3. The molecule has 1 heterocycles. The van der Waals surface area contributed by atoms with Crippen molar-refractivity contribution in [1.29, 1.82) is 0 Å². The number of nitrogens with zero attached hydrogens (tertiary/aromatic N) is 2. The molecule has 0 fully saturated rings. The van der Waals surface area contributed by atoms with Crippen LogP contribution in [0.4, 0.5) is 0 Å². The fourth-order valence-corrected chi connectivity index (χ4v) is 4.00. The zero-order valence-electron chi connectivity index (χ0n) is 11.2. The molecule has 20 heavy (non-hydrogen) atoms. The molecule has 0 amide bonds. The molecule has 0 aliphatic rings. The summed E-state index contributed by atoms with van der Waals surface area (Å²) in [5, 5.41) is 9.77. The second-order valence-corrected chi connectivity index (χ2v) is 7.63. The van der Waals surface area contributed by atoms with Gasteiger partial charge in [-0.15, -0.1) is 11.3 Å². The molecular weight excluding hydrogens is 300 g/mol. The summed E-state index contributed by atoms with van der Waals surface area (Å²) in [5.74, 6) is -1.19. The zero-order valence-corrected chi connectivity index (χ0v) is 12.8. The number of carbonyl (C=O) groups is 1. The Morgan fingerprint density at radius 3 is 2.70 bits per heavy atom. The molecule has 0 saturated heterocycles. The number of aryl methyl sites for hydroxylation is 1. The molecule has 108 valence electrons. The summed E-state index contributed by atoms with van der Waals surface area (Å²) >= 11 is 1.40. The molecule has 6 nitrogen and oxygen atoms in total. The fraction of sp³-hybridized carbons (Fsp3) is 0.333. The highest BCUT2D eigenvalue weighted by Crippen LogP contribution is 2.26. The monoisotopic (exact) mass is 314 g/mol. The highest BCUT2D eigenvalue weighted by atomic mass is 32.2. The summed E-state index contributed by atoms with van der Waals surface area (Å²) in [6, 6.07) is 3.48. The maximum absolute atomic E-state index is 12.4. The largest absolute Gasteiger partial charge is 0.480 e. The first kappa shape index (κ1) is 14.9. The molecule has 1 unspecified atom stereocenters. The summed E-state index contributed by atoms with van der Waals surface area (Å²) in [6.07, 6.45) is 0.